The number of fused-ring (bicyclic) bond motifs is 2. The molecule has 166 valence electrons. The van der Waals surface area contributed by atoms with Crippen LogP contribution in [0.4, 0.5) is 11.5 Å². The minimum Gasteiger partial charge on any atom is -0.489 e. The largest absolute Gasteiger partial charge is 0.489 e. The molecular formula is C24H22N6O2S. The highest BCUT2D eigenvalue weighted by Gasteiger charge is 2.20. The quantitative estimate of drug-likeness (QED) is 0.395. The highest BCUT2D eigenvalue weighted by molar-refractivity contribution is 7.16. The van der Waals surface area contributed by atoms with E-state index in [1.807, 2.05) is 47.4 Å². The van der Waals surface area contributed by atoms with E-state index in [2.05, 4.69) is 31.4 Å². The maximum absolute atomic E-state index is 6.53. The number of nitrogens with one attached hydrogen (secondary N) is 1. The van der Waals surface area contributed by atoms with E-state index in [-0.39, 0.29) is 6.10 Å². The fourth-order valence-corrected chi connectivity index (χ4v) is 4.85. The van der Waals surface area contributed by atoms with Gasteiger partial charge in [-0.2, -0.15) is 5.10 Å². The lowest BCUT2D eigenvalue weighted by Crippen LogP contribution is -2.26. The predicted molar refractivity (Wildman–Crippen MR) is 129 cm³/mol. The van der Waals surface area contributed by atoms with Crippen molar-refractivity contribution < 1.29 is 9.47 Å². The van der Waals surface area contributed by atoms with Crippen LogP contribution in [0.3, 0.4) is 0 Å². The number of nitrogens with zero attached hydrogens (tertiary/aromatic N) is 5. The minimum atomic E-state index is 0.0810. The number of anilines is 2. The van der Waals surface area contributed by atoms with Crippen LogP contribution in [-0.2, 0) is 4.74 Å². The molecule has 3 aromatic heterocycles. The summed E-state index contributed by atoms with van der Waals surface area (Å²) in [6.45, 7) is 3.44. The average Bonchev–Trinajstić information content (AvgIpc) is 3.48. The molecule has 1 aliphatic heterocycles. The predicted octanol–water partition coefficient (Wildman–Crippen LogP) is 5.04. The third kappa shape index (κ3) is 3.90. The van der Waals surface area contributed by atoms with Crippen molar-refractivity contribution in [2.24, 2.45) is 0 Å². The number of hydrogen-bond acceptors (Lipinski definition) is 8. The van der Waals surface area contributed by atoms with Crippen LogP contribution in [0.25, 0.3) is 26.8 Å². The van der Waals surface area contributed by atoms with Gasteiger partial charge in [-0.3, -0.25) is 0 Å². The zero-order valence-electron chi connectivity index (χ0n) is 18.1. The summed E-state index contributed by atoms with van der Waals surface area (Å²) in [5.41, 5.74) is 6.52. The Hall–Kier alpha value is -3.56. The molecule has 0 saturated carbocycles. The van der Waals surface area contributed by atoms with Crippen molar-refractivity contribution in [3.05, 3.63) is 60.1 Å². The number of aromatic nitrogens is 5. The van der Waals surface area contributed by atoms with Crippen LogP contribution in [0.15, 0.2) is 54.4 Å². The molecule has 9 heteroatoms. The number of benzene rings is 2. The monoisotopic (exact) mass is 458 g/mol. The van der Waals surface area contributed by atoms with E-state index in [0.29, 0.717) is 19.0 Å². The van der Waals surface area contributed by atoms with Gasteiger partial charge in [0.1, 0.15) is 24.0 Å². The van der Waals surface area contributed by atoms with Gasteiger partial charge in [0, 0.05) is 36.5 Å². The average molecular weight is 459 g/mol. The highest BCUT2D eigenvalue weighted by Crippen LogP contribution is 2.36. The second-order valence-corrected chi connectivity index (χ2v) is 8.92. The van der Waals surface area contributed by atoms with Crippen molar-refractivity contribution in [1.82, 2.24) is 24.7 Å². The third-order valence-corrected chi connectivity index (χ3v) is 6.61. The second kappa shape index (κ2) is 8.42. The first-order valence-electron chi connectivity index (χ1n) is 10.9. The molecule has 1 aliphatic rings. The summed E-state index contributed by atoms with van der Waals surface area (Å²) in [6.07, 6.45) is 5.16. The molecule has 0 unspecified atom stereocenters. The van der Waals surface area contributed by atoms with Gasteiger partial charge in [0.25, 0.3) is 0 Å². The molecule has 1 fully saturated rings. The molecule has 4 heterocycles. The summed E-state index contributed by atoms with van der Waals surface area (Å²) in [7, 11) is 0. The van der Waals surface area contributed by atoms with Gasteiger partial charge in [-0.1, -0.05) is 0 Å². The lowest BCUT2D eigenvalue weighted by molar-refractivity contribution is 0.0262. The van der Waals surface area contributed by atoms with Crippen molar-refractivity contribution in [3.63, 3.8) is 0 Å². The fraction of sp³-hybridized carbons (Fsp3) is 0.250. The van der Waals surface area contributed by atoms with E-state index in [9.17, 15) is 0 Å². The van der Waals surface area contributed by atoms with Crippen LogP contribution < -0.4 is 10.1 Å². The molecule has 0 spiro atoms. The third-order valence-electron chi connectivity index (χ3n) is 5.82. The Kier molecular flexibility index (Phi) is 5.12. The molecular weight excluding hydrogens is 436 g/mol. The van der Waals surface area contributed by atoms with E-state index in [1.165, 1.54) is 0 Å². The van der Waals surface area contributed by atoms with Gasteiger partial charge < -0.3 is 14.8 Å². The molecule has 8 nitrogen and oxygen atoms in total. The van der Waals surface area contributed by atoms with E-state index in [4.69, 9.17) is 9.47 Å². The van der Waals surface area contributed by atoms with Crippen LogP contribution in [-0.4, -0.2) is 44.1 Å². The van der Waals surface area contributed by atoms with E-state index in [0.717, 1.165) is 56.8 Å². The molecule has 0 aliphatic carbocycles. The summed E-state index contributed by atoms with van der Waals surface area (Å²) < 4.78 is 15.1. The van der Waals surface area contributed by atoms with Crippen molar-refractivity contribution in [1.29, 1.82) is 0 Å². The van der Waals surface area contributed by atoms with Crippen molar-refractivity contribution >= 4 is 44.0 Å². The van der Waals surface area contributed by atoms with Gasteiger partial charge in [-0.25, -0.2) is 19.6 Å². The van der Waals surface area contributed by atoms with Crippen LogP contribution >= 0.6 is 11.3 Å². The maximum atomic E-state index is 6.53. The zero-order valence-corrected chi connectivity index (χ0v) is 18.9. The molecule has 5 aromatic rings. The fourth-order valence-electron chi connectivity index (χ4n) is 4.13. The van der Waals surface area contributed by atoms with E-state index in [1.54, 1.807) is 23.9 Å². The Morgan fingerprint density at radius 3 is 2.82 bits per heavy atom. The van der Waals surface area contributed by atoms with Gasteiger partial charge in [0.2, 0.25) is 0 Å². The van der Waals surface area contributed by atoms with E-state index < -0.39 is 0 Å². The summed E-state index contributed by atoms with van der Waals surface area (Å²) in [4.78, 5) is 13.5. The number of thiazole rings is 1. The standard InChI is InChI=1S/C24H22N6O2S/c1-15-4-7-28-30(15)17-11-20-23(21(12-17)32-18-5-8-31-9-6-18)24(26-13-25-20)29-16-2-3-19-22(10-16)33-14-27-19/h2-4,7,10-14,18H,5-6,8-9H2,1H3,(H,25,26,29). The van der Waals surface area contributed by atoms with Gasteiger partial charge in [-0.05, 0) is 37.3 Å². The lowest BCUT2D eigenvalue weighted by Gasteiger charge is -2.25. The Morgan fingerprint density at radius 2 is 1.97 bits per heavy atom. The first-order valence-corrected chi connectivity index (χ1v) is 11.8. The topological polar surface area (TPSA) is 87.0 Å². The van der Waals surface area contributed by atoms with Gasteiger partial charge in [0.05, 0.1) is 45.5 Å². The number of ether oxygens (including phenoxy) is 2. The molecule has 1 N–H and O–H groups in total. The molecule has 0 bridgehead atoms. The normalized spacial score (nSPS) is 14.7. The second-order valence-electron chi connectivity index (χ2n) is 8.03. The summed E-state index contributed by atoms with van der Waals surface area (Å²) in [5, 5.41) is 8.79. The first-order chi connectivity index (χ1) is 16.2. The van der Waals surface area contributed by atoms with Crippen LogP contribution in [0, 0.1) is 6.92 Å². The summed E-state index contributed by atoms with van der Waals surface area (Å²) in [5.74, 6) is 1.45. The van der Waals surface area contributed by atoms with Gasteiger partial charge >= 0.3 is 0 Å². The van der Waals surface area contributed by atoms with Crippen molar-refractivity contribution in [3.8, 4) is 11.4 Å². The zero-order chi connectivity index (χ0) is 22.2. The summed E-state index contributed by atoms with van der Waals surface area (Å²) >= 11 is 1.61. The number of rotatable bonds is 5. The lowest BCUT2D eigenvalue weighted by atomic mass is 10.1. The maximum Gasteiger partial charge on any atom is 0.145 e. The molecule has 1 saturated heterocycles. The van der Waals surface area contributed by atoms with Crippen LogP contribution in [0.1, 0.15) is 18.5 Å². The Labute approximate surface area is 194 Å². The number of hydrogen-bond donors (Lipinski definition) is 1. The molecule has 2 aromatic carbocycles. The highest BCUT2D eigenvalue weighted by atomic mass is 32.1. The van der Waals surface area contributed by atoms with E-state index >= 15 is 0 Å². The minimum absolute atomic E-state index is 0.0810. The van der Waals surface area contributed by atoms with Crippen LogP contribution in [0.5, 0.6) is 5.75 Å². The Balaban J connectivity index is 1.47. The van der Waals surface area contributed by atoms with Gasteiger partial charge in [-0.15, -0.1) is 11.3 Å². The van der Waals surface area contributed by atoms with Crippen molar-refractivity contribution in [2.45, 2.75) is 25.9 Å². The van der Waals surface area contributed by atoms with Crippen molar-refractivity contribution in [2.75, 3.05) is 18.5 Å². The molecule has 0 amide bonds. The Morgan fingerprint density at radius 1 is 1.06 bits per heavy atom. The smallest absolute Gasteiger partial charge is 0.145 e. The molecule has 6 rings (SSSR count). The van der Waals surface area contributed by atoms with Crippen LogP contribution in [0.2, 0.25) is 0 Å². The van der Waals surface area contributed by atoms with Gasteiger partial charge in [0.15, 0.2) is 0 Å². The first kappa shape index (κ1) is 20.1. The Bertz CT molecular complexity index is 1440. The summed E-state index contributed by atoms with van der Waals surface area (Å²) in [6, 6.07) is 12.1. The number of aryl methyl sites for hydroxylation is 1. The molecule has 0 atom stereocenters. The molecule has 0 radical (unpaired) electrons. The molecule has 33 heavy (non-hydrogen) atoms. The SMILES string of the molecule is Cc1ccnn1-c1cc(OC2CCOCC2)c2c(Nc3ccc4ncsc4c3)ncnc2c1.